The van der Waals surface area contributed by atoms with Crippen molar-refractivity contribution in [2.45, 2.75) is 17.0 Å². The molecule has 0 aliphatic carbocycles. The summed E-state index contributed by atoms with van der Waals surface area (Å²) in [6, 6.07) is 24.9. The molecular formula is C25H21FN4OS. The van der Waals surface area contributed by atoms with Gasteiger partial charge in [-0.1, -0.05) is 78.5 Å². The van der Waals surface area contributed by atoms with Gasteiger partial charge in [-0.15, -0.1) is 16.8 Å². The summed E-state index contributed by atoms with van der Waals surface area (Å²) in [4.78, 5) is 13.2. The van der Waals surface area contributed by atoms with Crippen molar-refractivity contribution < 1.29 is 9.18 Å². The van der Waals surface area contributed by atoms with Crippen molar-refractivity contribution in [2.75, 3.05) is 5.32 Å². The Bertz CT molecular complexity index is 1190. The molecule has 0 aliphatic rings. The van der Waals surface area contributed by atoms with Crippen LogP contribution < -0.4 is 5.32 Å². The monoisotopic (exact) mass is 444 g/mol. The smallest absolute Gasteiger partial charge is 0.242 e. The molecule has 1 N–H and O–H groups in total. The Morgan fingerprint density at radius 3 is 2.31 bits per heavy atom. The maximum Gasteiger partial charge on any atom is 0.242 e. The first-order valence-corrected chi connectivity index (χ1v) is 10.9. The molecule has 0 saturated heterocycles. The Kier molecular flexibility index (Phi) is 6.77. The van der Waals surface area contributed by atoms with E-state index in [0.717, 1.165) is 11.1 Å². The van der Waals surface area contributed by atoms with Crippen LogP contribution >= 0.6 is 11.8 Å². The third-order valence-electron chi connectivity index (χ3n) is 4.74. The van der Waals surface area contributed by atoms with E-state index < -0.39 is 5.25 Å². The largest absolute Gasteiger partial charge is 0.325 e. The van der Waals surface area contributed by atoms with E-state index in [1.54, 1.807) is 6.08 Å². The third kappa shape index (κ3) is 4.95. The van der Waals surface area contributed by atoms with Crippen LogP contribution in [0.5, 0.6) is 0 Å². The molecule has 4 aromatic rings. The van der Waals surface area contributed by atoms with E-state index in [1.807, 2.05) is 65.2 Å². The Morgan fingerprint density at radius 1 is 1.00 bits per heavy atom. The summed E-state index contributed by atoms with van der Waals surface area (Å²) in [5.74, 6) is 0.115. The molecule has 1 heterocycles. The maximum absolute atomic E-state index is 13.3. The maximum atomic E-state index is 13.3. The fourth-order valence-corrected chi connectivity index (χ4v) is 4.26. The zero-order chi connectivity index (χ0) is 22.3. The summed E-state index contributed by atoms with van der Waals surface area (Å²) in [6.45, 7) is 4.35. The van der Waals surface area contributed by atoms with E-state index in [2.05, 4.69) is 22.1 Å². The Hall–Kier alpha value is -3.71. The lowest BCUT2D eigenvalue weighted by molar-refractivity contribution is -0.115. The molecule has 0 saturated carbocycles. The van der Waals surface area contributed by atoms with E-state index in [4.69, 9.17) is 0 Å². The number of aromatic nitrogens is 3. The number of benzene rings is 3. The zero-order valence-electron chi connectivity index (χ0n) is 17.2. The Balaban J connectivity index is 1.67. The molecular weight excluding hydrogens is 423 g/mol. The van der Waals surface area contributed by atoms with Crippen LogP contribution in [-0.2, 0) is 11.3 Å². The van der Waals surface area contributed by atoms with Crippen molar-refractivity contribution in [3.05, 3.63) is 109 Å². The highest BCUT2D eigenvalue weighted by Crippen LogP contribution is 2.37. The molecule has 0 spiro atoms. The van der Waals surface area contributed by atoms with Gasteiger partial charge in [0, 0.05) is 17.8 Å². The topological polar surface area (TPSA) is 59.8 Å². The van der Waals surface area contributed by atoms with Crippen LogP contribution in [0.15, 0.2) is 103 Å². The quantitative estimate of drug-likeness (QED) is 0.278. The lowest BCUT2D eigenvalue weighted by Crippen LogP contribution is -2.19. The van der Waals surface area contributed by atoms with Gasteiger partial charge in [-0.05, 0) is 29.8 Å². The van der Waals surface area contributed by atoms with Crippen LogP contribution in [0, 0.1) is 5.82 Å². The van der Waals surface area contributed by atoms with Gasteiger partial charge >= 0.3 is 0 Å². The Morgan fingerprint density at radius 2 is 1.66 bits per heavy atom. The predicted octanol–water partition coefficient (Wildman–Crippen LogP) is 5.74. The normalized spacial score (nSPS) is 11.7. The van der Waals surface area contributed by atoms with Gasteiger partial charge in [-0.3, -0.25) is 9.36 Å². The summed E-state index contributed by atoms with van der Waals surface area (Å²) < 4.78 is 15.2. The van der Waals surface area contributed by atoms with Crippen molar-refractivity contribution in [1.29, 1.82) is 0 Å². The lowest BCUT2D eigenvalue weighted by Gasteiger charge is -2.17. The number of halogens is 1. The molecule has 4 rings (SSSR count). The molecule has 0 fully saturated rings. The van der Waals surface area contributed by atoms with E-state index in [-0.39, 0.29) is 11.7 Å². The van der Waals surface area contributed by atoms with Gasteiger partial charge in [-0.2, -0.15) is 0 Å². The van der Waals surface area contributed by atoms with Crippen LogP contribution in [0.1, 0.15) is 10.8 Å². The van der Waals surface area contributed by atoms with Gasteiger partial charge < -0.3 is 5.32 Å². The summed E-state index contributed by atoms with van der Waals surface area (Å²) in [7, 11) is 0. The van der Waals surface area contributed by atoms with Crippen LogP contribution in [0.2, 0.25) is 0 Å². The molecule has 0 aliphatic heterocycles. The summed E-state index contributed by atoms with van der Waals surface area (Å²) in [5.41, 5.74) is 2.28. The van der Waals surface area contributed by atoms with Crippen LogP contribution in [-0.4, -0.2) is 20.7 Å². The van der Waals surface area contributed by atoms with Gasteiger partial charge in [0.2, 0.25) is 5.91 Å². The first-order valence-electron chi connectivity index (χ1n) is 10.0. The average molecular weight is 445 g/mol. The lowest BCUT2D eigenvalue weighted by atomic mass is 10.1. The van der Waals surface area contributed by atoms with Crippen LogP contribution in [0.3, 0.4) is 0 Å². The van der Waals surface area contributed by atoms with E-state index >= 15 is 0 Å². The highest BCUT2D eigenvalue weighted by atomic mass is 32.2. The molecule has 1 atom stereocenters. The minimum absolute atomic E-state index is 0.234. The number of thioether (sulfide) groups is 1. The highest BCUT2D eigenvalue weighted by Gasteiger charge is 2.26. The number of nitrogens with zero attached hydrogens (tertiary/aromatic N) is 3. The number of hydrogen-bond donors (Lipinski definition) is 1. The van der Waals surface area contributed by atoms with E-state index in [9.17, 15) is 9.18 Å². The Labute approximate surface area is 190 Å². The van der Waals surface area contributed by atoms with Crippen molar-refractivity contribution in [3.8, 4) is 11.4 Å². The molecule has 3 aromatic carbocycles. The van der Waals surface area contributed by atoms with Crippen molar-refractivity contribution in [1.82, 2.24) is 14.8 Å². The summed E-state index contributed by atoms with van der Waals surface area (Å²) in [5, 5.41) is 11.6. The SMILES string of the molecule is C=CCn1c(SC(C(=O)Nc2ccc(F)cc2)c2ccccc2)nnc1-c1ccccc1. The first kappa shape index (κ1) is 21.5. The van der Waals surface area contributed by atoms with Gasteiger partial charge in [0.25, 0.3) is 0 Å². The van der Waals surface area contributed by atoms with Crippen LogP contribution in [0.4, 0.5) is 10.1 Å². The number of nitrogens with one attached hydrogen (secondary N) is 1. The molecule has 1 unspecified atom stereocenters. The fraction of sp³-hybridized carbons (Fsp3) is 0.0800. The molecule has 0 bridgehead atoms. The molecule has 1 amide bonds. The number of carbonyl (C=O) groups is 1. The second-order valence-corrected chi connectivity index (χ2v) is 8.05. The number of rotatable bonds is 8. The number of allylic oxidation sites excluding steroid dienone is 1. The molecule has 7 heteroatoms. The summed E-state index contributed by atoms with van der Waals surface area (Å²) in [6.07, 6.45) is 1.77. The minimum atomic E-state index is -0.586. The van der Waals surface area contributed by atoms with E-state index in [1.165, 1.54) is 36.0 Å². The van der Waals surface area contributed by atoms with Crippen molar-refractivity contribution in [3.63, 3.8) is 0 Å². The average Bonchev–Trinajstić information content (AvgIpc) is 3.22. The second-order valence-electron chi connectivity index (χ2n) is 6.98. The van der Waals surface area contributed by atoms with Gasteiger partial charge in [0.15, 0.2) is 11.0 Å². The number of anilines is 1. The second kappa shape index (κ2) is 10.1. The zero-order valence-corrected chi connectivity index (χ0v) is 18.0. The summed E-state index contributed by atoms with van der Waals surface area (Å²) >= 11 is 1.31. The van der Waals surface area contributed by atoms with Crippen molar-refractivity contribution >= 4 is 23.4 Å². The molecule has 5 nitrogen and oxygen atoms in total. The molecule has 160 valence electrons. The minimum Gasteiger partial charge on any atom is -0.325 e. The molecule has 1 aromatic heterocycles. The van der Waals surface area contributed by atoms with Gasteiger partial charge in [-0.25, -0.2) is 4.39 Å². The molecule has 32 heavy (non-hydrogen) atoms. The van der Waals surface area contributed by atoms with Crippen LogP contribution in [0.25, 0.3) is 11.4 Å². The first-order chi connectivity index (χ1) is 15.7. The van der Waals surface area contributed by atoms with E-state index in [0.29, 0.717) is 23.2 Å². The molecule has 0 radical (unpaired) electrons. The van der Waals surface area contributed by atoms with Gasteiger partial charge in [0.1, 0.15) is 11.1 Å². The number of amides is 1. The number of hydrogen-bond acceptors (Lipinski definition) is 4. The van der Waals surface area contributed by atoms with Crippen molar-refractivity contribution in [2.24, 2.45) is 0 Å². The number of carbonyl (C=O) groups excluding carboxylic acids is 1. The van der Waals surface area contributed by atoms with Gasteiger partial charge in [0.05, 0.1) is 0 Å². The third-order valence-corrected chi connectivity index (χ3v) is 5.97. The predicted molar refractivity (Wildman–Crippen MR) is 126 cm³/mol. The highest BCUT2D eigenvalue weighted by molar-refractivity contribution is 8.00. The fourth-order valence-electron chi connectivity index (χ4n) is 3.22. The standard InChI is InChI=1S/C25H21FN4OS/c1-2-17-30-23(19-11-7-4-8-12-19)28-29-25(30)32-22(18-9-5-3-6-10-18)24(31)27-21-15-13-20(26)14-16-21/h2-16,22H,1,17H2,(H,27,31).